The zero-order chi connectivity index (χ0) is 10.7. The van der Waals surface area contributed by atoms with Crippen LogP contribution < -0.4 is 15.0 Å². The Morgan fingerprint density at radius 2 is 2.33 bits per heavy atom. The smallest absolute Gasteiger partial charge is 0.121 e. The summed E-state index contributed by atoms with van der Waals surface area (Å²) in [6, 6.07) is 6.20. The standard InChI is InChI=1S/C12H18N2O/c1-3-7-14-8-6-13-11-5-4-10(15-2)9-12(11)14/h4-5,9,13H,3,6-8H2,1-2H3. The number of hydrogen-bond acceptors (Lipinski definition) is 3. The molecule has 0 atom stereocenters. The van der Waals surface area contributed by atoms with Crippen molar-refractivity contribution < 1.29 is 4.74 Å². The van der Waals surface area contributed by atoms with E-state index >= 15 is 0 Å². The third-order valence-corrected chi connectivity index (χ3v) is 2.74. The quantitative estimate of drug-likeness (QED) is 0.821. The summed E-state index contributed by atoms with van der Waals surface area (Å²) in [5.41, 5.74) is 2.48. The predicted molar refractivity (Wildman–Crippen MR) is 64.0 cm³/mol. The van der Waals surface area contributed by atoms with Gasteiger partial charge in [-0.1, -0.05) is 6.92 Å². The molecule has 15 heavy (non-hydrogen) atoms. The van der Waals surface area contributed by atoms with Crippen LogP contribution in [0, 0.1) is 0 Å². The van der Waals surface area contributed by atoms with Crippen molar-refractivity contribution in [2.24, 2.45) is 0 Å². The number of benzene rings is 1. The highest BCUT2D eigenvalue weighted by Crippen LogP contribution is 2.32. The first-order chi connectivity index (χ1) is 7.35. The van der Waals surface area contributed by atoms with Gasteiger partial charge in [0.05, 0.1) is 18.5 Å². The lowest BCUT2D eigenvalue weighted by Gasteiger charge is -2.32. The fourth-order valence-corrected chi connectivity index (χ4v) is 2.00. The molecule has 0 radical (unpaired) electrons. The Kier molecular flexibility index (Phi) is 2.99. The van der Waals surface area contributed by atoms with Gasteiger partial charge in [0.2, 0.25) is 0 Å². The first-order valence-electron chi connectivity index (χ1n) is 5.52. The third-order valence-electron chi connectivity index (χ3n) is 2.74. The average Bonchev–Trinajstić information content (AvgIpc) is 2.29. The van der Waals surface area contributed by atoms with E-state index in [1.807, 2.05) is 6.07 Å². The van der Waals surface area contributed by atoms with Gasteiger partial charge in [0.1, 0.15) is 5.75 Å². The number of anilines is 2. The maximum absolute atomic E-state index is 5.25. The molecule has 0 aliphatic carbocycles. The highest BCUT2D eigenvalue weighted by atomic mass is 16.5. The van der Waals surface area contributed by atoms with Crippen LogP contribution in [0.15, 0.2) is 18.2 Å². The minimum atomic E-state index is 0.929. The Hall–Kier alpha value is -1.38. The molecule has 1 aromatic carbocycles. The van der Waals surface area contributed by atoms with E-state index in [0.29, 0.717) is 0 Å². The predicted octanol–water partition coefficient (Wildman–Crippen LogP) is 2.34. The van der Waals surface area contributed by atoms with Gasteiger partial charge in [-0.3, -0.25) is 0 Å². The lowest BCUT2D eigenvalue weighted by atomic mass is 10.2. The minimum absolute atomic E-state index is 0.929. The average molecular weight is 206 g/mol. The maximum atomic E-state index is 5.25. The zero-order valence-electron chi connectivity index (χ0n) is 9.42. The molecule has 0 fully saturated rings. The Bertz CT molecular complexity index is 338. The van der Waals surface area contributed by atoms with Crippen LogP contribution in [0.2, 0.25) is 0 Å². The fraction of sp³-hybridized carbons (Fsp3) is 0.500. The third kappa shape index (κ3) is 2.01. The molecule has 0 bridgehead atoms. The number of nitrogens with zero attached hydrogens (tertiary/aromatic N) is 1. The van der Waals surface area contributed by atoms with E-state index < -0.39 is 0 Å². The molecule has 2 rings (SSSR count). The van der Waals surface area contributed by atoms with E-state index in [-0.39, 0.29) is 0 Å². The van der Waals surface area contributed by atoms with Gasteiger partial charge < -0.3 is 15.0 Å². The largest absolute Gasteiger partial charge is 0.497 e. The molecule has 1 aliphatic rings. The van der Waals surface area contributed by atoms with Gasteiger partial charge in [-0.25, -0.2) is 0 Å². The summed E-state index contributed by atoms with van der Waals surface area (Å²) >= 11 is 0. The van der Waals surface area contributed by atoms with Crippen LogP contribution in [0.5, 0.6) is 5.75 Å². The number of hydrogen-bond donors (Lipinski definition) is 1. The molecule has 3 heteroatoms. The molecular formula is C12H18N2O. The molecule has 1 aromatic rings. The van der Waals surface area contributed by atoms with E-state index in [1.165, 1.54) is 17.8 Å². The van der Waals surface area contributed by atoms with Crippen LogP contribution in [0.25, 0.3) is 0 Å². The molecule has 0 saturated carbocycles. The first kappa shape index (κ1) is 10.1. The molecule has 0 unspecified atom stereocenters. The van der Waals surface area contributed by atoms with Gasteiger partial charge >= 0.3 is 0 Å². The number of fused-ring (bicyclic) bond motifs is 1. The van der Waals surface area contributed by atoms with Crippen molar-refractivity contribution in [3.63, 3.8) is 0 Å². The highest BCUT2D eigenvalue weighted by Gasteiger charge is 2.15. The van der Waals surface area contributed by atoms with Gasteiger partial charge in [0.15, 0.2) is 0 Å². The fourth-order valence-electron chi connectivity index (χ4n) is 2.00. The van der Waals surface area contributed by atoms with Crippen LogP contribution in [-0.4, -0.2) is 26.7 Å². The van der Waals surface area contributed by atoms with Gasteiger partial charge in [0, 0.05) is 25.7 Å². The number of rotatable bonds is 3. The van der Waals surface area contributed by atoms with Crippen molar-refractivity contribution in [3.05, 3.63) is 18.2 Å². The zero-order valence-corrected chi connectivity index (χ0v) is 9.42. The molecule has 1 N–H and O–H groups in total. The van der Waals surface area contributed by atoms with Crippen molar-refractivity contribution >= 4 is 11.4 Å². The number of nitrogens with one attached hydrogen (secondary N) is 1. The molecule has 1 aliphatic heterocycles. The van der Waals surface area contributed by atoms with E-state index in [2.05, 4.69) is 29.3 Å². The van der Waals surface area contributed by atoms with Crippen molar-refractivity contribution in [3.8, 4) is 5.75 Å². The Balaban J connectivity index is 2.30. The van der Waals surface area contributed by atoms with E-state index in [0.717, 1.165) is 25.4 Å². The van der Waals surface area contributed by atoms with Crippen LogP contribution >= 0.6 is 0 Å². The summed E-state index contributed by atoms with van der Waals surface area (Å²) < 4.78 is 5.25. The van der Waals surface area contributed by atoms with Crippen LogP contribution in [0.3, 0.4) is 0 Å². The van der Waals surface area contributed by atoms with Crippen molar-refractivity contribution in [1.82, 2.24) is 0 Å². The molecule has 0 saturated heterocycles. The Labute approximate surface area is 91.0 Å². The topological polar surface area (TPSA) is 24.5 Å². The van der Waals surface area contributed by atoms with E-state index in [1.54, 1.807) is 7.11 Å². The Morgan fingerprint density at radius 3 is 3.07 bits per heavy atom. The van der Waals surface area contributed by atoms with Crippen LogP contribution in [0.4, 0.5) is 11.4 Å². The van der Waals surface area contributed by atoms with Crippen LogP contribution in [0.1, 0.15) is 13.3 Å². The van der Waals surface area contributed by atoms with Gasteiger partial charge in [-0.2, -0.15) is 0 Å². The number of methoxy groups -OCH3 is 1. The summed E-state index contributed by atoms with van der Waals surface area (Å²) in [5.74, 6) is 0.929. The van der Waals surface area contributed by atoms with Crippen LogP contribution in [-0.2, 0) is 0 Å². The van der Waals surface area contributed by atoms with Crippen molar-refractivity contribution in [2.75, 3.05) is 37.0 Å². The van der Waals surface area contributed by atoms with E-state index in [4.69, 9.17) is 4.74 Å². The second-order valence-electron chi connectivity index (χ2n) is 3.80. The van der Waals surface area contributed by atoms with Crippen molar-refractivity contribution in [2.45, 2.75) is 13.3 Å². The summed E-state index contributed by atoms with van der Waals surface area (Å²) in [7, 11) is 1.71. The van der Waals surface area contributed by atoms with Gasteiger partial charge in [0.25, 0.3) is 0 Å². The normalized spacial score (nSPS) is 14.4. The molecule has 0 spiro atoms. The van der Waals surface area contributed by atoms with Gasteiger partial charge in [-0.15, -0.1) is 0 Å². The molecule has 3 nitrogen and oxygen atoms in total. The summed E-state index contributed by atoms with van der Waals surface area (Å²) in [6.07, 6.45) is 1.18. The second kappa shape index (κ2) is 4.43. The monoisotopic (exact) mass is 206 g/mol. The minimum Gasteiger partial charge on any atom is -0.497 e. The summed E-state index contributed by atoms with van der Waals surface area (Å²) in [4.78, 5) is 2.41. The molecule has 82 valence electrons. The van der Waals surface area contributed by atoms with Crippen molar-refractivity contribution in [1.29, 1.82) is 0 Å². The lowest BCUT2D eigenvalue weighted by Crippen LogP contribution is -2.34. The number of ether oxygens (including phenoxy) is 1. The second-order valence-corrected chi connectivity index (χ2v) is 3.80. The first-order valence-corrected chi connectivity index (χ1v) is 5.52. The molecular weight excluding hydrogens is 188 g/mol. The summed E-state index contributed by atoms with van der Waals surface area (Å²) in [6.45, 7) is 5.43. The van der Waals surface area contributed by atoms with Gasteiger partial charge in [-0.05, 0) is 18.6 Å². The maximum Gasteiger partial charge on any atom is 0.121 e. The highest BCUT2D eigenvalue weighted by molar-refractivity contribution is 5.73. The SMILES string of the molecule is CCCN1CCNc2ccc(OC)cc21. The van der Waals surface area contributed by atoms with E-state index in [9.17, 15) is 0 Å². The summed E-state index contributed by atoms with van der Waals surface area (Å²) in [5, 5.41) is 3.41. The molecule has 0 amide bonds. The molecule has 1 heterocycles. The molecule has 0 aromatic heterocycles. The Morgan fingerprint density at radius 1 is 1.47 bits per heavy atom. The lowest BCUT2D eigenvalue weighted by molar-refractivity contribution is 0.414.